The second-order valence-corrected chi connectivity index (χ2v) is 11.8. The van der Waals surface area contributed by atoms with Gasteiger partial charge in [0.25, 0.3) is 0 Å². The zero-order valence-electron chi connectivity index (χ0n) is 22.1. The predicted octanol–water partition coefficient (Wildman–Crippen LogP) is 6.19. The Morgan fingerprint density at radius 2 is 1.69 bits per heavy atom. The zero-order chi connectivity index (χ0) is 28.7. The Balaban J connectivity index is 1.88. The van der Waals surface area contributed by atoms with Crippen molar-refractivity contribution in [3.8, 4) is 16.8 Å². The van der Waals surface area contributed by atoms with Crippen LogP contribution < -0.4 is 0 Å². The molecule has 1 unspecified atom stereocenters. The molecule has 0 aliphatic rings. The SMILES string of the molecule is COS(=O)c1cc(-c2ccc(-n3cc(C(C)(C)O)nc3C(C)(C)c3ccccc3Cl)c(F)c2)cc(F)c1CO. The van der Waals surface area contributed by atoms with Crippen molar-refractivity contribution in [1.29, 1.82) is 0 Å². The predicted molar refractivity (Wildman–Crippen MR) is 147 cm³/mol. The lowest BCUT2D eigenvalue weighted by Crippen LogP contribution is -2.25. The van der Waals surface area contributed by atoms with E-state index in [1.165, 1.54) is 25.3 Å². The van der Waals surface area contributed by atoms with Crippen molar-refractivity contribution < 1.29 is 27.4 Å². The van der Waals surface area contributed by atoms with Crippen molar-refractivity contribution in [2.45, 2.75) is 50.2 Å². The Morgan fingerprint density at radius 3 is 2.28 bits per heavy atom. The largest absolute Gasteiger partial charge is 0.392 e. The normalized spacial score (nSPS) is 13.1. The van der Waals surface area contributed by atoms with E-state index >= 15 is 4.39 Å². The third kappa shape index (κ3) is 5.55. The number of aliphatic hydroxyl groups excluding tert-OH is 1. The van der Waals surface area contributed by atoms with E-state index in [9.17, 15) is 18.8 Å². The minimum atomic E-state index is -2.02. The molecule has 0 fully saturated rings. The number of aromatic nitrogens is 2. The Labute approximate surface area is 233 Å². The van der Waals surface area contributed by atoms with Crippen LogP contribution in [0.4, 0.5) is 8.78 Å². The molecule has 0 amide bonds. The molecule has 4 rings (SSSR count). The molecule has 1 heterocycles. The molecule has 4 aromatic rings. The lowest BCUT2D eigenvalue weighted by molar-refractivity contribution is 0.0740. The summed E-state index contributed by atoms with van der Waals surface area (Å²) in [5, 5.41) is 20.8. The molecule has 0 saturated carbocycles. The van der Waals surface area contributed by atoms with Gasteiger partial charge in [-0.15, -0.1) is 0 Å². The van der Waals surface area contributed by atoms with E-state index in [-0.39, 0.29) is 21.7 Å². The van der Waals surface area contributed by atoms with Gasteiger partial charge in [0.15, 0.2) is 11.1 Å². The van der Waals surface area contributed by atoms with E-state index in [1.807, 2.05) is 32.0 Å². The van der Waals surface area contributed by atoms with Crippen molar-refractivity contribution in [1.82, 2.24) is 9.55 Å². The van der Waals surface area contributed by atoms with Gasteiger partial charge in [0, 0.05) is 22.2 Å². The Hall–Kier alpha value is -2.95. The van der Waals surface area contributed by atoms with Gasteiger partial charge < -0.3 is 10.2 Å². The summed E-state index contributed by atoms with van der Waals surface area (Å²) in [4.78, 5) is 4.67. The van der Waals surface area contributed by atoms with Crippen molar-refractivity contribution in [2.24, 2.45) is 0 Å². The quantitative estimate of drug-likeness (QED) is 0.262. The highest BCUT2D eigenvalue weighted by Gasteiger charge is 2.34. The smallest absolute Gasteiger partial charge is 0.189 e. The van der Waals surface area contributed by atoms with Gasteiger partial charge in [-0.05, 0) is 74.7 Å². The van der Waals surface area contributed by atoms with Crippen LogP contribution in [0.25, 0.3) is 16.8 Å². The molecule has 1 atom stereocenters. The first-order chi connectivity index (χ1) is 18.3. The number of benzene rings is 3. The minimum Gasteiger partial charge on any atom is -0.392 e. The lowest BCUT2D eigenvalue weighted by Gasteiger charge is -2.27. The van der Waals surface area contributed by atoms with Gasteiger partial charge in [-0.1, -0.05) is 35.9 Å². The van der Waals surface area contributed by atoms with Gasteiger partial charge in [0.2, 0.25) is 0 Å². The van der Waals surface area contributed by atoms with E-state index in [0.717, 1.165) is 11.6 Å². The molecule has 1 aromatic heterocycles. The van der Waals surface area contributed by atoms with Gasteiger partial charge in [0.1, 0.15) is 23.1 Å². The van der Waals surface area contributed by atoms with Crippen LogP contribution in [0, 0.1) is 11.6 Å². The number of halogens is 3. The molecule has 3 aromatic carbocycles. The van der Waals surface area contributed by atoms with Crippen LogP contribution in [-0.4, -0.2) is 31.1 Å². The fourth-order valence-corrected chi connectivity index (χ4v) is 5.58. The third-order valence-electron chi connectivity index (χ3n) is 6.62. The van der Waals surface area contributed by atoms with Crippen LogP contribution in [0.1, 0.15) is 50.3 Å². The van der Waals surface area contributed by atoms with Gasteiger partial charge in [-0.3, -0.25) is 8.75 Å². The van der Waals surface area contributed by atoms with E-state index in [4.69, 9.17) is 20.8 Å². The van der Waals surface area contributed by atoms with Gasteiger partial charge in [-0.25, -0.2) is 18.0 Å². The minimum absolute atomic E-state index is 0.0345. The van der Waals surface area contributed by atoms with Crippen LogP contribution >= 0.6 is 11.6 Å². The molecular weight excluding hydrogens is 546 g/mol. The second-order valence-electron chi connectivity index (χ2n) is 10.1. The first-order valence-electron chi connectivity index (χ1n) is 12.1. The first-order valence-corrected chi connectivity index (χ1v) is 13.5. The van der Waals surface area contributed by atoms with Gasteiger partial charge in [0.05, 0.1) is 30.0 Å². The number of hydrogen-bond donors (Lipinski definition) is 2. The highest BCUT2D eigenvalue weighted by molar-refractivity contribution is 7.80. The standard InChI is InChI=1S/C29H29ClF2N2O4S/c1-28(2,20-8-6-7-9-21(20)30)27-33-26(29(3,4)36)15-34(27)24-11-10-17(12-23(24)32)18-13-22(31)19(16-35)25(14-18)39(37)38-5/h6-15,35-36H,16H2,1-5H3. The van der Waals surface area contributed by atoms with Crippen molar-refractivity contribution in [3.05, 3.63) is 100 Å². The van der Waals surface area contributed by atoms with E-state index in [0.29, 0.717) is 22.1 Å². The fraction of sp³-hybridized carbons (Fsp3) is 0.276. The molecule has 39 heavy (non-hydrogen) atoms. The van der Waals surface area contributed by atoms with Crippen molar-refractivity contribution in [2.75, 3.05) is 7.11 Å². The molecule has 10 heteroatoms. The van der Waals surface area contributed by atoms with Gasteiger partial charge in [-0.2, -0.15) is 0 Å². The fourth-order valence-electron chi connectivity index (χ4n) is 4.44. The summed E-state index contributed by atoms with van der Waals surface area (Å²) in [6.07, 6.45) is 1.58. The highest BCUT2D eigenvalue weighted by Crippen LogP contribution is 2.38. The zero-order valence-corrected chi connectivity index (χ0v) is 23.7. The molecule has 206 valence electrons. The third-order valence-corrected chi connectivity index (χ3v) is 7.98. The molecular formula is C29H29ClF2N2O4S. The number of imidazole rings is 1. The van der Waals surface area contributed by atoms with E-state index in [2.05, 4.69) is 0 Å². The highest BCUT2D eigenvalue weighted by atomic mass is 35.5. The molecule has 0 aliphatic carbocycles. The first kappa shape index (κ1) is 29.0. The van der Waals surface area contributed by atoms with Crippen LogP contribution in [0.15, 0.2) is 65.7 Å². The summed E-state index contributed by atoms with van der Waals surface area (Å²) in [5.41, 5.74) is -0.379. The Morgan fingerprint density at radius 1 is 1.03 bits per heavy atom. The van der Waals surface area contributed by atoms with Crippen LogP contribution in [-0.2, 0) is 32.9 Å². The van der Waals surface area contributed by atoms with Crippen molar-refractivity contribution in [3.63, 3.8) is 0 Å². The van der Waals surface area contributed by atoms with Gasteiger partial charge >= 0.3 is 0 Å². The van der Waals surface area contributed by atoms with E-state index < -0.39 is 40.3 Å². The second kappa shape index (κ2) is 10.9. The Bertz CT molecular complexity index is 1560. The van der Waals surface area contributed by atoms with Crippen LogP contribution in [0.2, 0.25) is 5.02 Å². The molecule has 0 aliphatic heterocycles. The molecule has 2 N–H and O–H groups in total. The molecule has 0 bridgehead atoms. The number of rotatable bonds is 8. The summed E-state index contributed by atoms with van der Waals surface area (Å²) >= 11 is 4.50. The summed E-state index contributed by atoms with van der Waals surface area (Å²) in [5.74, 6) is -0.965. The number of aliphatic hydroxyl groups is 2. The van der Waals surface area contributed by atoms with E-state index in [1.54, 1.807) is 36.7 Å². The maximum Gasteiger partial charge on any atom is 0.189 e. The maximum absolute atomic E-state index is 15.8. The van der Waals surface area contributed by atoms with Crippen LogP contribution in [0.3, 0.4) is 0 Å². The summed E-state index contributed by atoms with van der Waals surface area (Å²) in [7, 11) is 1.20. The average molecular weight is 575 g/mol. The number of nitrogens with zero attached hydrogens (tertiary/aromatic N) is 2. The lowest BCUT2D eigenvalue weighted by atomic mass is 9.83. The Kier molecular flexibility index (Phi) is 8.12. The van der Waals surface area contributed by atoms with Crippen molar-refractivity contribution >= 4 is 22.7 Å². The topological polar surface area (TPSA) is 84.6 Å². The maximum atomic E-state index is 15.8. The summed E-state index contributed by atoms with van der Waals surface area (Å²) < 4.78 is 49.2. The molecule has 6 nitrogen and oxygen atoms in total. The molecule has 0 spiro atoms. The average Bonchev–Trinajstić information content (AvgIpc) is 3.35. The summed E-state index contributed by atoms with van der Waals surface area (Å²) in [6, 6.07) is 14.2. The molecule has 0 saturated heterocycles. The summed E-state index contributed by atoms with van der Waals surface area (Å²) in [6.45, 7) is 6.35. The number of hydrogen-bond acceptors (Lipinski definition) is 5. The monoisotopic (exact) mass is 574 g/mol. The van der Waals surface area contributed by atoms with Crippen LogP contribution in [0.5, 0.6) is 0 Å². The molecule has 0 radical (unpaired) electrons.